The average Bonchev–Trinajstić information content (AvgIpc) is 2.33. The Morgan fingerprint density at radius 3 is 2.41 bits per heavy atom. The number of amides is 1. The molecule has 0 spiro atoms. The second kappa shape index (κ2) is 6.40. The lowest BCUT2D eigenvalue weighted by atomic mass is 10.2. The van der Waals surface area contributed by atoms with Gasteiger partial charge in [-0.15, -0.1) is 0 Å². The van der Waals surface area contributed by atoms with Gasteiger partial charge in [0, 0.05) is 5.69 Å². The molecule has 0 aliphatic heterocycles. The summed E-state index contributed by atoms with van der Waals surface area (Å²) in [6.07, 6.45) is 0. The van der Waals surface area contributed by atoms with Crippen molar-refractivity contribution in [1.29, 1.82) is 0 Å². The van der Waals surface area contributed by atoms with E-state index in [1.807, 2.05) is 38.1 Å². The lowest BCUT2D eigenvalue weighted by Crippen LogP contribution is -2.41. The molecule has 0 aliphatic carbocycles. The molecule has 1 aromatic rings. The van der Waals surface area contributed by atoms with Crippen LogP contribution >= 0.6 is 0 Å². The lowest BCUT2D eigenvalue weighted by molar-refractivity contribution is -0.120. The van der Waals surface area contributed by atoms with Crippen LogP contribution < -0.4 is 5.32 Å². The first-order valence-corrected chi connectivity index (χ1v) is 6.20. The van der Waals surface area contributed by atoms with E-state index in [0.29, 0.717) is 0 Å². The molecule has 0 aromatic heterocycles. The Balaban J connectivity index is 2.69. The van der Waals surface area contributed by atoms with Gasteiger partial charge in [0.15, 0.2) is 0 Å². The Hall–Kier alpha value is -1.35. The van der Waals surface area contributed by atoms with Crippen molar-refractivity contribution in [1.82, 2.24) is 4.90 Å². The van der Waals surface area contributed by atoms with Crippen molar-refractivity contribution < 1.29 is 4.79 Å². The number of nitrogens with zero attached hydrogens (tertiary/aromatic N) is 1. The predicted octanol–water partition coefficient (Wildman–Crippen LogP) is 2.66. The summed E-state index contributed by atoms with van der Waals surface area (Å²) in [6, 6.07) is 7.74. The molecule has 0 saturated heterocycles. The minimum Gasteiger partial charge on any atom is -0.324 e. The highest BCUT2D eigenvalue weighted by atomic mass is 16.2. The SMILES string of the molecule is CCN(CC)C(C)C(=O)Nc1ccccc1C. The Kier molecular flexibility index (Phi) is 5.16. The van der Waals surface area contributed by atoms with Gasteiger partial charge in [0.1, 0.15) is 0 Å². The van der Waals surface area contributed by atoms with Crippen LogP contribution in [0.1, 0.15) is 26.3 Å². The maximum atomic E-state index is 12.1. The molecular formula is C14H22N2O. The zero-order valence-corrected chi connectivity index (χ0v) is 11.2. The molecule has 0 saturated carbocycles. The van der Waals surface area contributed by atoms with E-state index in [1.165, 1.54) is 0 Å². The summed E-state index contributed by atoms with van der Waals surface area (Å²) in [5.74, 6) is 0.0583. The second-order valence-corrected chi connectivity index (χ2v) is 4.20. The molecule has 1 unspecified atom stereocenters. The van der Waals surface area contributed by atoms with Crippen molar-refractivity contribution in [2.24, 2.45) is 0 Å². The number of hydrogen-bond donors (Lipinski definition) is 1. The first kappa shape index (κ1) is 13.7. The molecule has 3 nitrogen and oxygen atoms in total. The summed E-state index contributed by atoms with van der Waals surface area (Å²) >= 11 is 0. The van der Waals surface area contributed by atoms with Crippen molar-refractivity contribution in [2.45, 2.75) is 33.7 Å². The summed E-state index contributed by atoms with van der Waals surface area (Å²) < 4.78 is 0. The van der Waals surface area contributed by atoms with E-state index in [1.54, 1.807) is 0 Å². The van der Waals surface area contributed by atoms with Gasteiger partial charge in [-0.2, -0.15) is 0 Å². The smallest absolute Gasteiger partial charge is 0.241 e. The number of nitrogens with one attached hydrogen (secondary N) is 1. The van der Waals surface area contributed by atoms with E-state index >= 15 is 0 Å². The number of aryl methyl sites for hydroxylation is 1. The fraction of sp³-hybridized carbons (Fsp3) is 0.500. The average molecular weight is 234 g/mol. The molecule has 0 aliphatic rings. The van der Waals surface area contributed by atoms with Crippen LogP contribution in [-0.4, -0.2) is 29.9 Å². The van der Waals surface area contributed by atoms with Crippen molar-refractivity contribution in [3.05, 3.63) is 29.8 Å². The summed E-state index contributed by atoms with van der Waals surface area (Å²) in [6.45, 7) is 9.86. The lowest BCUT2D eigenvalue weighted by Gasteiger charge is -2.25. The fourth-order valence-corrected chi connectivity index (χ4v) is 1.89. The fourth-order valence-electron chi connectivity index (χ4n) is 1.89. The monoisotopic (exact) mass is 234 g/mol. The molecule has 3 heteroatoms. The Morgan fingerprint density at radius 1 is 1.29 bits per heavy atom. The van der Waals surface area contributed by atoms with E-state index in [0.717, 1.165) is 24.3 Å². The molecular weight excluding hydrogens is 212 g/mol. The van der Waals surface area contributed by atoms with Crippen LogP contribution in [-0.2, 0) is 4.79 Å². The van der Waals surface area contributed by atoms with E-state index in [4.69, 9.17) is 0 Å². The van der Waals surface area contributed by atoms with Gasteiger partial charge >= 0.3 is 0 Å². The second-order valence-electron chi connectivity index (χ2n) is 4.20. The van der Waals surface area contributed by atoms with Crippen LogP contribution in [0.25, 0.3) is 0 Å². The Labute approximate surface area is 104 Å². The topological polar surface area (TPSA) is 32.3 Å². The molecule has 94 valence electrons. The van der Waals surface area contributed by atoms with Gasteiger partial charge in [-0.05, 0) is 38.6 Å². The van der Waals surface area contributed by atoms with Crippen molar-refractivity contribution in [3.8, 4) is 0 Å². The summed E-state index contributed by atoms with van der Waals surface area (Å²) in [5.41, 5.74) is 1.99. The molecule has 1 aromatic carbocycles. The number of carbonyl (C=O) groups is 1. The number of anilines is 1. The molecule has 0 heterocycles. The van der Waals surface area contributed by atoms with E-state index in [2.05, 4.69) is 24.1 Å². The van der Waals surface area contributed by atoms with Crippen LogP contribution in [0.3, 0.4) is 0 Å². The Morgan fingerprint density at radius 2 is 1.88 bits per heavy atom. The summed E-state index contributed by atoms with van der Waals surface area (Å²) in [4.78, 5) is 14.2. The minimum atomic E-state index is -0.0930. The third kappa shape index (κ3) is 3.56. The highest BCUT2D eigenvalue weighted by molar-refractivity contribution is 5.95. The largest absolute Gasteiger partial charge is 0.324 e. The van der Waals surface area contributed by atoms with E-state index < -0.39 is 0 Å². The van der Waals surface area contributed by atoms with Gasteiger partial charge in [-0.3, -0.25) is 9.69 Å². The number of likely N-dealkylation sites (N-methyl/N-ethyl adjacent to an activating group) is 1. The number of rotatable bonds is 5. The molecule has 1 amide bonds. The molecule has 1 rings (SSSR count). The molecule has 1 N–H and O–H groups in total. The van der Waals surface area contributed by atoms with Crippen LogP contribution in [0.2, 0.25) is 0 Å². The third-order valence-electron chi connectivity index (χ3n) is 3.14. The third-order valence-corrected chi connectivity index (χ3v) is 3.14. The zero-order chi connectivity index (χ0) is 12.8. The normalized spacial score (nSPS) is 12.5. The zero-order valence-electron chi connectivity index (χ0n) is 11.2. The van der Waals surface area contributed by atoms with Gasteiger partial charge in [0.25, 0.3) is 0 Å². The van der Waals surface area contributed by atoms with Gasteiger partial charge in [-0.1, -0.05) is 32.0 Å². The summed E-state index contributed by atoms with van der Waals surface area (Å²) in [5, 5.41) is 2.98. The molecule has 0 fully saturated rings. The van der Waals surface area contributed by atoms with Crippen LogP contribution in [0.4, 0.5) is 5.69 Å². The van der Waals surface area contributed by atoms with Crippen LogP contribution in [0, 0.1) is 6.92 Å². The standard InChI is InChI=1S/C14H22N2O/c1-5-16(6-2)12(4)14(17)15-13-10-8-7-9-11(13)3/h7-10,12H,5-6H2,1-4H3,(H,15,17). The van der Waals surface area contributed by atoms with Crippen molar-refractivity contribution in [2.75, 3.05) is 18.4 Å². The first-order chi connectivity index (χ1) is 8.10. The van der Waals surface area contributed by atoms with Crippen LogP contribution in [0.15, 0.2) is 24.3 Å². The van der Waals surface area contributed by atoms with Gasteiger partial charge in [-0.25, -0.2) is 0 Å². The Bertz CT molecular complexity index is 372. The number of benzene rings is 1. The maximum Gasteiger partial charge on any atom is 0.241 e. The number of hydrogen-bond acceptors (Lipinski definition) is 2. The van der Waals surface area contributed by atoms with Gasteiger partial charge in [0.2, 0.25) is 5.91 Å². The molecule has 0 radical (unpaired) electrons. The van der Waals surface area contributed by atoms with Gasteiger partial charge < -0.3 is 5.32 Å². The summed E-state index contributed by atoms with van der Waals surface area (Å²) in [7, 11) is 0. The molecule has 17 heavy (non-hydrogen) atoms. The van der Waals surface area contributed by atoms with Crippen molar-refractivity contribution in [3.63, 3.8) is 0 Å². The highest BCUT2D eigenvalue weighted by Gasteiger charge is 2.18. The quantitative estimate of drug-likeness (QED) is 0.849. The minimum absolute atomic E-state index is 0.0583. The van der Waals surface area contributed by atoms with E-state index in [9.17, 15) is 4.79 Å². The van der Waals surface area contributed by atoms with Crippen molar-refractivity contribution >= 4 is 11.6 Å². The number of carbonyl (C=O) groups excluding carboxylic acids is 1. The number of para-hydroxylation sites is 1. The van der Waals surface area contributed by atoms with Gasteiger partial charge in [0.05, 0.1) is 6.04 Å². The maximum absolute atomic E-state index is 12.1. The van der Waals surface area contributed by atoms with E-state index in [-0.39, 0.29) is 11.9 Å². The first-order valence-electron chi connectivity index (χ1n) is 6.20. The highest BCUT2D eigenvalue weighted by Crippen LogP contribution is 2.14. The van der Waals surface area contributed by atoms with Crippen LogP contribution in [0.5, 0.6) is 0 Å². The molecule has 1 atom stereocenters. The predicted molar refractivity (Wildman–Crippen MR) is 72.2 cm³/mol. The molecule has 0 bridgehead atoms.